The maximum atomic E-state index is 13.1. The zero-order valence-corrected chi connectivity index (χ0v) is 8.42. The van der Waals surface area contributed by atoms with Gasteiger partial charge >= 0.3 is 11.9 Å². The Morgan fingerprint density at radius 1 is 1.35 bits per heavy atom. The molecule has 8 heteroatoms. The van der Waals surface area contributed by atoms with Gasteiger partial charge in [0, 0.05) is 12.6 Å². The summed E-state index contributed by atoms with van der Waals surface area (Å²) in [5, 5.41) is 12.3. The standard InChI is InChI=1S/C9H8F4N2O2/c10-7-3-6(1-2-8(7)15(16)17)4-14-5-9(11,12)13/h1-3,14H,4-5H2. The molecule has 0 saturated carbocycles. The van der Waals surface area contributed by atoms with Gasteiger partial charge in [-0.25, -0.2) is 0 Å². The Morgan fingerprint density at radius 3 is 2.47 bits per heavy atom. The summed E-state index contributed by atoms with van der Waals surface area (Å²) >= 11 is 0. The molecule has 1 aromatic rings. The molecular formula is C9H8F4N2O2. The number of nitrogens with zero attached hydrogens (tertiary/aromatic N) is 1. The molecule has 0 bridgehead atoms. The molecule has 0 aliphatic rings. The normalized spacial score (nSPS) is 11.5. The zero-order chi connectivity index (χ0) is 13.1. The molecule has 1 N–H and O–H groups in total. The van der Waals surface area contributed by atoms with Crippen LogP contribution in [0.4, 0.5) is 23.2 Å². The Morgan fingerprint density at radius 2 is 2.00 bits per heavy atom. The highest BCUT2D eigenvalue weighted by Gasteiger charge is 2.26. The van der Waals surface area contributed by atoms with Crippen molar-refractivity contribution in [2.45, 2.75) is 12.7 Å². The molecule has 0 saturated heterocycles. The third-order valence-corrected chi connectivity index (χ3v) is 1.86. The Balaban J connectivity index is 2.62. The minimum atomic E-state index is -4.35. The van der Waals surface area contributed by atoms with Gasteiger partial charge in [-0.15, -0.1) is 0 Å². The van der Waals surface area contributed by atoms with Crippen LogP contribution in [0.3, 0.4) is 0 Å². The second-order valence-corrected chi connectivity index (χ2v) is 3.26. The predicted molar refractivity (Wildman–Crippen MR) is 50.8 cm³/mol. The lowest BCUT2D eigenvalue weighted by Gasteiger charge is -2.08. The van der Waals surface area contributed by atoms with Crippen molar-refractivity contribution in [1.82, 2.24) is 5.32 Å². The largest absolute Gasteiger partial charge is 0.401 e. The minimum absolute atomic E-state index is 0.206. The average molecular weight is 252 g/mol. The van der Waals surface area contributed by atoms with Crippen molar-refractivity contribution < 1.29 is 22.5 Å². The maximum absolute atomic E-state index is 13.1. The number of nitro benzene ring substituents is 1. The van der Waals surface area contributed by atoms with Gasteiger partial charge in [0.15, 0.2) is 0 Å². The van der Waals surface area contributed by atoms with Crippen molar-refractivity contribution in [1.29, 1.82) is 0 Å². The molecule has 0 heterocycles. The molecule has 0 amide bonds. The summed E-state index contributed by atoms with van der Waals surface area (Å²) in [6.45, 7) is -1.42. The monoisotopic (exact) mass is 252 g/mol. The molecule has 1 rings (SSSR count). The van der Waals surface area contributed by atoms with Crippen LogP contribution in [0.5, 0.6) is 0 Å². The number of hydrogen-bond acceptors (Lipinski definition) is 3. The quantitative estimate of drug-likeness (QED) is 0.508. The number of benzene rings is 1. The SMILES string of the molecule is O=[N+]([O-])c1ccc(CNCC(F)(F)F)cc1F. The first kappa shape index (κ1) is 13.4. The number of nitrogens with one attached hydrogen (secondary N) is 1. The van der Waals surface area contributed by atoms with Crippen molar-refractivity contribution in [3.05, 3.63) is 39.7 Å². The third kappa shape index (κ3) is 4.35. The van der Waals surface area contributed by atoms with Crippen molar-refractivity contribution in [2.24, 2.45) is 0 Å². The molecule has 0 fully saturated rings. The van der Waals surface area contributed by atoms with Crippen molar-refractivity contribution in [2.75, 3.05) is 6.54 Å². The van der Waals surface area contributed by atoms with Gasteiger partial charge in [-0.05, 0) is 11.6 Å². The summed E-state index contributed by atoms with van der Waals surface area (Å²) in [5.41, 5.74) is -0.498. The van der Waals surface area contributed by atoms with Gasteiger partial charge in [-0.3, -0.25) is 10.1 Å². The maximum Gasteiger partial charge on any atom is 0.401 e. The molecule has 0 aliphatic carbocycles. The van der Waals surface area contributed by atoms with Crippen molar-refractivity contribution in [3.63, 3.8) is 0 Å². The summed E-state index contributed by atoms with van der Waals surface area (Å²) in [6.07, 6.45) is -4.35. The van der Waals surface area contributed by atoms with E-state index >= 15 is 0 Å². The first-order chi connectivity index (χ1) is 7.79. The second-order valence-electron chi connectivity index (χ2n) is 3.26. The number of alkyl halides is 3. The topological polar surface area (TPSA) is 55.2 Å². The van der Waals surface area contributed by atoms with Gasteiger partial charge < -0.3 is 5.32 Å². The molecule has 0 spiro atoms. The van der Waals surface area contributed by atoms with Crippen LogP contribution in [0.1, 0.15) is 5.56 Å². The molecule has 0 atom stereocenters. The highest BCUT2D eigenvalue weighted by Crippen LogP contribution is 2.18. The van der Waals surface area contributed by atoms with E-state index in [0.717, 1.165) is 12.1 Å². The van der Waals surface area contributed by atoms with Gasteiger partial charge in [0.05, 0.1) is 11.5 Å². The number of rotatable bonds is 4. The first-order valence-corrected chi connectivity index (χ1v) is 4.50. The third-order valence-electron chi connectivity index (χ3n) is 1.86. The molecule has 0 aliphatic heterocycles. The van der Waals surface area contributed by atoms with Crippen LogP contribution in [-0.4, -0.2) is 17.6 Å². The molecule has 1 aromatic carbocycles. The van der Waals surface area contributed by atoms with Crippen LogP contribution in [0.2, 0.25) is 0 Å². The number of nitro groups is 1. The van der Waals surface area contributed by atoms with Crippen LogP contribution in [-0.2, 0) is 6.54 Å². The summed E-state index contributed by atoms with van der Waals surface area (Å²) < 4.78 is 48.4. The average Bonchev–Trinajstić information content (AvgIpc) is 2.15. The van der Waals surface area contributed by atoms with Gasteiger partial charge in [0.1, 0.15) is 0 Å². The Labute approximate surface area is 93.4 Å². The molecule has 4 nitrogen and oxygen atoms in total. The van der Waals surface area contributed by atoms with E-state index in [-0.39, 0.29) is 12.1 Å². The highest BCUT2D eigenvalue weighted by atomic mass is 19.4. The lowest BCUT2D eigenvalue weighted by molar-refractivity contribution is -0.387. The van der Waals surface area contributed by atoms with Gasteiger partial charge in [-0.1, -0.05) is 6.07 Å². The summed E-state index contributed by atoms with van der Waals surface area (Å²) in [7, 11) is 0. The fourth-order valence-corrected chi connectivity index (χ4v) is 1.16. The van der Waals surface area contributed by atoms with Crippen LogP contribution in [0.25, 0.3) is 0 Å². The molecular weight excluding hydrogens is 244 g/mol. The van der Waals surface area contributed by atoms with E-state index in [9.17, 15) is 27.7 Å². The van der Waals surface area contributed by atoms with Gasteiger partial charge in [0.2, 0.25) is 5.82 Å². The van der Waals surface area contributed by atoms with Crippen LogP contribution in [0.15, 0.2) is 18.2 Å². The summed E-state index contributed by atoms with van der Waals surface area (Å²) in [4.78, 5) is 9.38. The Kier molecular flexibility index (Phi) is 4.00. The van der Waals surface area contributed by atoms with E-state index in [1.54, 1.807) is 0 Å². The second kappa shape index (κ2) is 5.09. The smallest absolute Gasteiger partial charge is 0.305 e. The number of halogens is 4. The molecule has 0 unspecified atom stereocenters. The van der Waals surface area contributed by atoms with E-state index in [4.69, 9.17) is 0 Å². The molecule has 17 heavy (non-hydrogen) atoms. The molecule has 0 aromatic heterocycles. The van der Waals surface area contributed by atoms with Crippen LogP contribution >= 0.6 is 0 Å². The zero-order valence-electron chi connectivity index (χ0n) is 8.42. The fourth-order valence-electron chi connectivity index (χ4n) is 1.16. The Hall–Kier alpha value is -1.70. The summed E-state index contributed by atoms with van der Waals surface area (Å²) in [5.74, 6) is -1.07. The van der Waals surface area contributed by atoms with Crippen molar-refractivity contribution in [3.8, 4) is 0 Å². The van der Waals surface area contributed by atoms with Crippen molar-refractivity contribution >= 4 is 5.69 Å². The highest BCUT2D eigenvalue weighted by molar-refractivity contribution is 5.34. The van der Waals surface area contributed by atoms with Gasteiger partial charge in [-0.2, -0.15) is 17.6 Å². The fraction of sp³-hybridized carbons (Fsp3) is 0.333. The van der Waals surface area contributed by atoms with Crippen LogP contribution in [0, 0.1) is 15.9 Å². The van der Waals surface area contributed by atoms with E-state index in [0.29, 0.717) is 0 Å². The lowest BCUT2D eigenvalue weighted by Crippen LogP contribution is -2.28. The first-order valence-electron chi connectivity index (χ1n) is 4.50. The predicted octanol–water partition coefficient (Wildman–Crippen LogP) is 2.39. The minimum Gasteiger partial charge on any atom is -0.305 e. The molecule has 94 valence electrons. The van der Waals surface area contributed by atoms with E-state index < -0.39 is 29.1 Å². The molecule has 0 radical (unpaired) electrons. The Bertz CT molecular complexity index is 420. The lowest BCUT2D eigenvalue weighted by atomic mass is 10.2. The number of hydrogen-bond donors (Lipinski definition) is 1. The van der Waals surface area contributed by atoms with Gasteiger partial charge in [0.25, 0.3) is 0 Å². The summed E-state index contributed by atoms with van der Waals surface area (Å²) in [6, 6.07) is 2.95. The van der Waals surface area contributed by atoms with E-state index in [2.05, 4.69) is 5.32 Å². The van der Waals surface area contributed by atoms with E-state index in [1.807, 2.05) is 0 Å². The van der Waals surface area contributed by atoms with Crippen LogP contribution < -0.4 is 5.32 Å². The van der Waals surface area contributed by atoms with E-state index in [1.165, 1.54) is 6.07 Å².